The van der Waals surface area contributed by atoms with Crippen molar-refractivity contribution < 1.29 is 13.2 Å². The van der Waals surface area contributed by atoms with Gasteiger partial charge in [0.1, 0.15) is 6.54 Å². The summed E-state index contributed by atoms with van der Waals surface area (Å²) in [6.07, 6.45) is 2.37. The molecule has 0 aromatic heterocycles. The molecule has 0 fully saturated rings. The van der Waals surface area contributed by atoms with Crippen molar-refractivity contribution in [1.29, 1.82) is 0 Å². The number of nitrogens with zero attached hydrogens (tertiary/aromatic N) is 2. The zero-order chi connectivity index (χ0) is 19.3. The molecule has 10 heteroatoms. The van der Waals surface area contributed by atoms with Gasteiger partial charge in [0, 0.05) is 15.1 Å². The Labute approximate surface area is 170 Å². The van der Waals surface area contributed by atoms with Gasteiger partial charge in [-0.1, -0.05) is 51.3 Å². The van der Waals surface area contributed by atoms with E-state index in [0.717, 1.165) is 10.6 Å². The molecule has 0 heterocycles. The monoisotopic (exact) mass is 477 g/mol. The standard InChI is InChI=1S/C16H14BrCl2N3O3S/c1-26(24,25)22(14-4-2-3-12(17)7-14)10-16(23)21-20-9-11-5-6-13(18)8-15(11)19/h2-9H,10H2,1H3,(H,21,23)/b20-9+. The normalized spacial score (nSPS) is 11.5. The summed E-state index contributed by atoms with van der Waals surface area (Å²) < 4.78 is 25.7. The van der Waals surface area contributed by atoms with Crippen LogP contribution in [0.3, 0.4) is 0 Å². The Balaban J connectivity index is 2.09. The molecule has 0 unspecified atom stereocenters. The van der Waals surface area contributed by atoms with Gasteiger partial charge in [-0.15, -0.1) is 0 Å². The molecule has 1 amide bonds. The smallest absolute Gasteiger partial charge is 0.260 e. The number of carbonyl (C=O) groups is 1. The van der Waals surface area contributed by atoms with Crippen LogP contribution < -0.4 is 9.73 Å². The minimum atomic E-state index is -3.65. The summed E-state index contributed by atoms with van der Waals surface area (Å²) in [5, 5.41) is 4.65. The van der Waals surface area contributed by atoms with Crippen LogP contribution in [0.25, 0.3) is 0 Å². The first-order chi connectivity index (χ1) is 12.2. The van der Waals surface area contributed by atoms with Crippen molar-refractivity contribution in [3.8, 4) is 0 Å². The molecule has 6 nitrogen and oxygen atoms in total. The Kier molecular flexibility index (Phi) is 7.05. The number of hydrogen-bond acceptors (Lipinski definition) is 4. The quantitative estimate of drug-likeness (QED) is 0.508. The van der Waals surface area contributed by atoms with Crippen LogP contribution in [0.4, 0.5) is 5.69 Å². The van der Waals surface area contributed by atoms with E-state index in [1.54, 1.807) is 42.5 Å². The molecule has 0 spiro atoms. The fraction of sp³-hybridized carbons (Fsp3) is 0.125. The van der Waals surface area contributed by atoms with E-state index in [4.69, 9.17) is 23.2 Å². The molecule has 1 N–H and O–H groups in total. The molecule has 26 heavy (non-hydrogen) atoms. The summed E-state index contributed by atoms with van der Waals surface area (Å²) >= 11 is 15.1. The van der Waals surface area contributed by atoms with Gasteiger partial charge >= 0.3 is 0 Å². The number of nitrogens with one attached hydrogen (secondary N) is 1. The number of halogens is 3. The highest BCUT2D eigenvalue weighted by atomic mass is 79.9. The third-order valence-electron chi connectivity index (χ3n) is 3.14. The van der Waals surface area contributed by atoms with E-state index in [-0.39, 0.29) is 0 Å². The van der Waals surface area contributed by atoms with Gasteiger partial charge in [-0.2, -0.15) is 5.10 Å². The molecule has 0 saturated heterocycles. The first kappa shape index (κ1) is 20.7. The number of amides is 1. The summed E-state index contributed by atoms with van der Waals surface area (Å²) in [5.74, 6) is -0.600. The number of hydrogen-bond donors (Lipinski definition) is 1. The van der Waals surface area contributed by atoms with Crippen molar-refractivity contribution in [3.05, 3.63) is 62.5 Å². The van der Waals surface area contributed by atoms with Crippen LogP contribution >= 0.6 is 39.1 Å². The van der Waals surface area contributed by atoms with Gasteiger partial charge in [0.25, 0.3) is 5.91 Å². The minimum Gasteiger partial charge on any atom is -0.271 e. The largest absolute Gasteiger partial charge is 0.271 e. The first-order valence-electron chi connectivity index (χ1n) is 7.17. The lowest BCUT2D eigenvalue weighted by molar-refractivity contribution is -0.119. The number of hydrazone groups is 1. The predicted octanol–water partition coefficient (Wildman–Crippen LogP) is 3.67. The molecule has 138 valence electrons. The van der Waals surface area contributed by atoms with Gasteiger partial charge in [-0.3, -0.25) is 9.10 Å². The van der Waals surface area contributed by atoms with Crippen LogP contribution in [0.1, 0.15) is 5.56 Å². The van der Waals surface area contributed by atoms with Crippen molar-refractivity contribution in [1.82, 2.24) is 5.43 Å². The number of sulfonamides is 1. The van der Waals surface area contributed by atoms with E-state index in [0.29, 0.717) is 25.8 Å². The van der Waals surface area contributed by atoms with Crippen LogP contribution in [-0.4, -0.2) is 33.3 Å². The van der Waals surface area contributed by atoms with Crippen LogP contribution in [0.2, 0.25) is 10.0 Å². The van der Waals surface area contributed by atoms with Crippen LogP contribution in [0, 0.1) is 0 Å². The molecule has 2 rings (SSSR count). The summed E-state index contributed by atoms with van der Waals surface area (Å²) in [5.41, 5.74) is 3.20. The van der Waals surface area contributed by atoms with Gasteiger partial charge in [0.2, 0.25) is 10.0 Å². The minimum absolute atomic E-state index is 0.363. The lowest BCUT2D eigenvalue weighted by Gasteiger charge is -2.21. The molecule has 0 radical (unpaired) electrons. The molecule has 2 aromatic rings. The topological polar surface area (TPSA) is 78.8 Å². The van der Waals surface area contributed by atoms with Crippen molar-refractivity contribution in [3.63, 3.8) is 0 Å². The highest BCUT2D eigenvalue weighted by Gasteiger charge is 2.20. The average molecular weight is 479 g/mol. The highest BCUT2D eigenvalue weighted by molar-refractivity contribution is 9.10. The van der Waals surface area contributed by atoms with Crippen molar-refractivity contribution >= 4 is 67.0 Å². The summed E-state index contributed by atoms with van der Waals surface area (Å²) in [7, 11) is -3.65. The fourth-order valence-electron chi connectivity index (χ4n) is 1.98. The number of anilines is 1. The second-order valence-electron chi connectivity index (χ2n) is 5.21. The van der Waals surface area contributed by atoms with Crippen molar-refractivity contribution in [2.45, 2.75) is 0 Å². The molecule has 0 atom stereocenters. The van der Waals surface area contributed by atoms with E-state index in [2.05, 4.69) is 26.5 Å². The van der Waals surface area contributed by atoms with Crippen molar-refractivity contribution in [2.24, 2.45) is 5.10 Å². The van der Waals surface area contributed by atoms with Gasteiger partial charge < -0.3 is 0 Å². The zero-order valence-corrected chi connectivity index (χ0v) is 17.4. The number of rotatable bonds is 6. The molecule has 0 bridgehead atoms. The van der Waals surface area contributed by atoms with Gasteiger partial charge in [0.15, 0.2) is 0 Å². The van der Waals surface area contributed by atoms with E-state index >= 15 is 0 Å². The van der Waals surface area contributed by atoms with Crippen molar-refractivity contribution in [2.75, 3.05) is 17.1 Å². The summed E-state index contributed by atoms with van der Waals surface area (Å²) in [6, 6.07) is 11.5. The first-order valence-corrected chi connectivity index (χ1v) is 10.6. The number of carbonyl (C=O) groups excluding carboxylic acids is 1. The molecule has 2 aromatic carbocycles. The predicted molar refractivity (Wildman–Crippen MR) is 109 cm³/mol. The zero-order valence-electron chi connectivity index (χ0n) is 13.5. The van der Waals surface area contributed by atoms with Gasteiger partial charge in [-0.25, -0.2) is 13.8 Å². The third kappa shape index (κ3) is 5.98. The van der Waals surface area contributed by atoms with Crippen LogP contribution in [0.15, 0.2) is 52.0 Å². The lowest BCUT2D eigenvalue weighted by atomic mass is 10.2. The lowest BCUT2D eigenvalue weighted by Crippen LogP contribution is -2.39. The molecule has 0 saturated carbocycles. The maximum atomic E-state index is 12.1. The second kappa shape index (κ2) is 8.85. The molecular weight excluding hydrogens is 465 g/mol. The Morgan fingerprint density at radius 3 is 2.62 bits per heavy atom. The third-order valence-corrected chi connectivity index (χ3v) is 5.34. The van der Waals surface area contributed by atoms with Crippen LogP contribution in [-0.2, 0) is 14.8 Å². The maximum Gasteiger partial charge on any atom is 0.260 e. The SMILES string of the molecule is CS(=O)(=O)N(CC(=O)N/N=C/c1ccc(Cl)cc1Cl)c1cccc(Br)c1. The second-order valence-corrected chi connectivity index (χ2v) is 8.87. The Morgan fingerprint density at radius 2 is 2.00 bits per heavy atom. The molecule has 0 aliphatic rings. The van der Waals surface area contributed by atoms with Gasteiger partial charge in [-0.05, 0) is 30.3 Å². The molecular formula is C16H14BrCl2N3O3S. The Hall–Kier alpha value is -1.61. The van der Waals surface area contributed by atoms with E-state index in [9.17, 15) is 13.2 Å². The highest BCUT2D eigenvalue weighted by Crippen LogP contribution is 2.22. The fourth-order valence-corrected chi connectivity index (χ4v) is 3.67. The van der Waals surface area contributed by atoms with Gasteiger partial charge in [0.05, 0.1) is 23.2 Å². The molecule has 0 aliphatic heterocycles. The van der Waals surface area contributed by atoms with E-state index < -0.39 is 22.5 Å². The maximum absolute atomic E-state index is 12.1. The summed E-state index contributed by atoms with van der Waals surface area (Å²) in [6.45, 7) is -0.416. The Morgan fingerprint density at radius 1 is 1.27 bits per heavy atom. The van der Waals surface area contributed by atoms with E-state index in [1.807, 2.05) is 0 Å². The number of benzene rings is 2. The van der Waals surface area contributed by atoms with Crippen LogP contribution in [0.5, 0.6) is 0 Å². The average Bonchev–Trinajstić information content (AvgIpc) is 2.53. The van der Waals surface area contributed by atoms with E-state index in [1.165, 1.54) is 6.21 Å². The Bertz CT molecular complexity index is 952. The summed E-state index contributed by atoms with van der Waals surface area (Å²) in [4.78, 5) is 12.1. The molecule has 0 aliphatic carbocycles.